The lowest BCUT2D eigenvalue weighted by Gasteiger charge is -2.13. The number of carbonyl (C=O) groups excluding carboxylic acids is 2. The molecule has 0 spiro atoms. The van der Waals surface area contributed by atoms with Gasteiger partial charge in [-0.05, 0) is 0 Å². The zero-order valence-corrected chi connectivity index (χ0v) is 9.86. The third-order valence-electron chi connectivity index (χ3n) is 1.69. The van der Waals surface area contributed by atoms with Crippen molar-refractivity contribution in [3.05, 3.63) is 12.3 Å². The van der Waals surface area contributed by atoms with Crippen LogP contribution in [-0.2, 0) is 19.1 Å². The number of nitrogens with one attached hydrogen (secondary N) is 1. The molecule has 0 fully saturated rings. The van der Waals surface area contributed by atoms with Gasteiger partial charge in [0.25, 0.3) is 0 Å². The van der Waals surface area contributed by atoms with E-state index in [1.807, 2.05) is 0 Å². The smallest absolute Gasteiger partial charge is 0.331 e. The molecule has 0 saturated heterocycles. The third kappa shape index (κ3) is 7.81. The summed E-state index contributed by atoms with van der Waals surface area (Å²) in [5.74, 6) is -0.583. The first-order valence-corrected chi connectivity index (χ1v) is 4.82. The maximum absolute atomic E-state index is 11.3. The summed E-state index contributed by atoms with van der Waals surface area (Å²) in [7, 11) is 4.55. The molecule has 16 heavy (non-hydrogen) atoms. The van der Waals surface area contributed by atoms with E-state index >= 15 is 0 Å². The van der Waals surface area contributed by atoms with E-state index in [1.54, 1.807) is 19.1 Å². The van der Waals surface area contributed by atoms with Gasteiger partial charge in [-0.1, -0.05) is 0 Å². The van der Waals surface area contributed by atoms with E-state index in [-0.39, 0.29) is 12.5 Å². The molecule has 0 aromatic rings. The Morgan fingerprint density at radius 3 is 2.62 bits per heavy atom. The van der Waals surface area contributed by atoms with Gasteiger partial charge < -0.3 is 19.7 Å². The molecular weight excluding hydrogens is 212 g/mol. The molecule has 0 rings (SSSR count). The Morgan fingerprint density at radius 1 is 1.38 bits per heavy atom. The van der Waals surface area contributed by atoms with Crippen molar-refractivity contribution in [1.29, 1.82) is 0 Å². The second-order valence-electron chi connectivity index (χ2n) is 3.10. The van der Waals surface area contributed by atoms with Gasteiger partial charge in [0.15, 0.2) is 0 Å². The van der Waals surface area contributed by atoms with Gasteiger partial charge in [-0.2, -0.15) is 0 Å². The quantitative estimate of drug-likeness (QED) is 0.358. The predicted molar refractivity (Wildman–Crippen MR) is 58.7 cm³/mol. The number of ether oxygens (including phenoxy) is 2. The van der Waals surface area contributed by atoms with Crippen molar-refractivity contribution in [3.63, 3.8) is 0 Å². The Bertz CT molecular complexity index is 253. The van der Waals surface area contributed by atoms with Crippen molar-refractivity contribution in [2.75, 3.05) is 41.0 Å². The van der Waals surface area contributed by atoms with Crippen molar-refractivity contribution >= 4 is 11.9 Å². The summed E-state index contributed by atoms with van der Waals surface area (Å²) in [5.41, 5.74) is 0. The largest absolute Gasteiger partial charge is 0.466 e. The van der Waals surface area contributed by atoms with E-state index in [0.717, 1.165) is 0 Å². The summed E-state index contributed by atoms with van der Waals surface area (Å²) in [4.78, 5) is 23.6. The Labute approximate surface area is 95.2 Å². The summed E-state index contributed by atoms with van der Waals surface area (Å²) in [6.07, 6.45) is 2.74. The van der Waals surface area contributed by atoms with Gasteiger partial charge >= 0.3 is 5.97 Å². The number of methoxy groups -OCH3 is 2. The summed E-state index contributed by atoms with van der Waals surface area (Å²) in [6.45, 7) is 1.13. The Kier molecular flexibility index (Phi) is 7.87. The average molecular weight is 230 g/mol. The Hall–Kier alpha value is -1.56. The van der Waals surface area contributed by atoms with Gasteiger partial charge in [-0.25, -0.2) is 4.79 Å². The van der Waals surface area contributed by atoms with Crippen LogP contribution in [-0.4, -0.2) is 57.7 Å². The highest BCUT2D eigenvalue weighted by Gasteiger charge is 2.02. The molecule has 0 aliphatic carbocycles. The molecule has 0 unspecified atom stereocenters. The molecule has 0 saturated carbocycles. The molecule has 0 aliphatic rings. The number of hydrogen-bond donors (Lipinski definition) is 1. The second-order valence-corrected chi connectivity index (χ2v) is 3.10. The van der Waals surface area contributed by atoms with Crippen molar-refractivity contribution < 1.29 is 19.1 Å². The SMILES string of the molecule is COCCNC(=O)CN(C)C=CC(=O)OC. The number of carbonyl (C=O) groups is 2. The zero-order valence-electron chi connectivity index (χ0n) is 9.86. The van der Waals surface area contributed by atoms with Crippen LogP contribution in [0.25, 0.3) is 0 Å². The molecule has 6 heteroatoms. The lowest BCUT2D eigenvalue weighted by atomic mass is 10.5. The van der Waals surface area contributed by atoms with Crippen LogP contribution in [0.2, 0.25) is 0 Å². The number of amides is 1. The molecule has 1 N–H and O–H groups in total. The van der Waals surface area contributed by atoms with Crippen LogP contribution in [0.1, 0.15) is 0 Å². The first kappa shape index (κ1) is 14.4. The van der Waals surface area contributed by atoms with E-state index in [2.05, 4.69) is 10.1 Å². The molecule has 0 aromatic carbocycles. The fraction of sp³-hybridized carbons (Fsp3) is 0.600. The van der Waals surface area contributed by atoms with Crippen LogP contribution < -0.4 is 5.32 Å². The highest BCUT2D eigenvalue weighted by Crippen LogP contribution is 1.86. The van der Waals surface area contributed by atoms with Gasteiger partial charge in [0.05, 0.1) is 20.3 Å². The monoisotopic (exact) mass is 230 g/mol. The van der Waals surface area contributed by atoms with Gasteiger partial charge in [0, 0.05) is 33.0 Å². The standard InChI is InChI=1S/C10H18N2O4/c1-12(6-4-10(14)16-3)8-9(13)11-5-7-15-2/h4,6H,5,7-8H2,1-3H3,(H,11,13). The molecule has 0 radical (unpaired) electrons. The van der Waals surface area contributed by atoms with Gasteiger partial charge in [-0.15, -0.1) is 0 Å². The van der Waals surface area contributed by atoms with E-state index in [9.17, 15) is 9.59 Å². The van der Waals surface area contributed by atoms with Crippen LogP contribution in [0, 0.1) is 0 Å². The highest BCUT2D eigenvalue weighted by atomic mass is 16.5. The molecule has 0 bridgehead atoms. The molecule has 0 aromatic heterocycles. The van der Waals surface area contributed by atoms with Crippen molar-refractivity contribution in [1.82, 2.24) is 10.2 Å². The van der Waals surface area contributed by atoms with E-state index < -0.39 is 5.97 Å². The van der Waals surface area contributed by atoms with Gasteiger partial charge in [0.1, 0.15) is 0 Å². The maximum atomic E-state index is 11.3. The van der Waals surface area contributed by atoms with E-state index in [4.69, 9.17) is 4.74 Å². The summed E-state index contributed by atoms with van der Waals surface area (Å²) in [6, 6.07) is 0. The molecule has 1 amide bonds. The van der Waals surface area contributed by atoms with Crippen LogP contribution in [0.3, 0.4) is 0 Å². The van der Waals surface area contributed by atoms with Crippen LogP contribution in [0.5, 0.6) is 0 Å². The normalized spacial score (nSPS) is 10.2. The van der Waals surface area contributed by atoms with Crippen molar-refractivity contribution in [3.8, 4) is 0 Å². The van der Waals surface area contributed by atoms with Crippen molar-refractivity contribution in [2.45, 2.75) is 0 Å². The number of hydrogen-bond acceptors (Lipinski definition) is 5. The minimum atomic E-state index is -0.452. The minimum absolute atomic E-state index is 0.130. The zero-order chi connectivity index (χ0) is 12.4. The third-order valence-corrected chi connectivity index (χ3v) is 1.69. The van der Waals surface area contributed by atoms with Crippen molar-refractivity contribution in [2.24, 2.45) is 0 Å². The number of nitrogens with zero attached hydrogens (tertiary/aromatic N) is 1. The molecule has 92 valence electrons. The molecule has 0 heterocycles. The van der Waals surface area contributed by atoms with E-state index in [0.29, 0.717) is 13.2 Å². The lowest BCUT2D eigenvalue weighted by molar-refractivity contribution is -0.135. The Balaban J connectivity index is 3.77. The fourth-order valence-electron chi connectivity index (χ4n) is 0.884. The van der Waals surface area contributed by atoms with Gasteiger partial charge in [0.2, 0.25) is 5.91 Å². The molecular formula is C10H18N2O4. The lowest BCUT2D eigenvalue weighted by Crippen LogP contribution is -2.34. The van der Waals surface area contributed by atoms with Crippen LogP contribution in [0.4, 0.5) is 0 Å². The summed E-state index contributed by atoms with van der Waals surface area (Å²) < 4.78 is 9.20. The van der Waals surface area contributed by atoms with E-state index in [1.165, 1.54) is 19.4 Å². The maximum Gasteiger partial charge on any atom is 0.331 e. The summed E-state index contributed by atoms with van der Waals surface area (Å²) >= 11 is 0. The van der Waals surface area contributed by atoms with Gasteiger partial charge in [-0.3, -0.25) is 4.79 Å². The predicted octanol–water partition coefficient (Wildman–Crippen LogP) is -0.632. The minimum Gasteiger partial charge on any atom is -0.466 e. The number of rotatable bonds is 7. The number of esters is 1. The molecule has 0 aliphatic heterocycles. The topological polar surface area (TPSA) is 67.9 Å². The van der Waals surface area contributed by atoms with Crippen LogP contribution >= 0.6 is 0 Å². The average Bonchev–Trinajstić information content (AvgIpc) is 2.26. The first-order valence-electron chi connectivity index (χ1n) is 4.82. The fourth-order valence-corrected chi connectivity index (χ4v) is 0.884. The summed E-state index contributed by atoms with van der Waals surface area (Å²) in [5, 5.41) is 2.66. The molecule has 6 nitrogen and oxygen atoms in total. The highest BCUT2D eigenvalue weighted by molar-refractivity contribution is 5.82. The number of likely N-dealkylation sites (N-methyl/N-ethyl adjacent to an activating group) is 1. The Morgan fingerprint density at radius 2 is 2.06 bits per heavy atom. The second kappa shape index (κ2) is 8.72. The van der Waals surface area contributed by atoms with Crippen LogP contribution in [0.15, 0.2) is 12.3 Å². The first-order chi connectivity index (χ1) is 7.60. The molecule has 0 atom stereocenters.